The van der Waals surface area contributed by atoms with Crippen molar-refractivity contribution in [3.05, 3.63) is 59.3 Å². The van der Waals surface area contributed by atoms with Crippen LogP contribution in [0.5, 0.6) is 0 Å². The molecule has 0 spiro atoms. The van der Waals surface area contributed by atoms with Gasteiger partial charge in [0.25, 0.3) is 0 Å². The van der Waals surface area contributed by atoms with Gasteiger partial charge in [0, 0.05) is 5.56 Å². The van der Waals surface area contributed by atoms with E-state index in [-0.39, 0.29) is 5.56 Å². The van der Waals surface area contributed by atoms with Crippen LogP contribution in [0.1, 0.15) is 17.2 Å². The molecule has 0 amide bonds. The highest BCUT2D eigenvalue weighted by atomic mass is 19.2. The molecule has 1 atom stereocenters. The second-order valence-corrected chi connectivity index (χ2v) is 3.33. The number of furan rings is 1. The Kier molecular flexibility index (Phi) is 2.70. The van der Waals surface area contributed by atoms with E-state index >= 15 is 0 Å². The van der Waals surface area contributed by atoms with Crippen molar-refractivity contribution in [3.63, 3.8) is 0 Å². The first-order chi connectivity index (χ1) is 7.59. The van der Waals surface area contributed by atoms with Crippen molar-refractivity contribution in [2.75, 3.05) is 0 Å². The van der Waals surface area contributed by atoms with E-state index in [1.165, 1.54) is 12.5 Å². The van der Waals surface area contributed by atoms with Gasteiger partial charge in [0.05, 0.1) is 18.6 Å². The maximum atomic E-state index is 12.9. The van der Waals surface area contributed by atoms with E-state index in [1.54, 1.807) is 6.07 Å². The third kappa shape index (κ3) is 1.81. The van der Waals surface area contributed by atoms with Crippen LogP contribution in [0.15, 0.2) is 35.1 Å². The fraction of sp³-hybridized carbons (Fsp3) is 0.0909. The third-order valence-electron chi connectivity index (χ3n) is 2.27. The highest BCUT2D eigenvalue weighted by Crippen LogP contribution is 2.23. The van der Waals surface area contributed by atoms with Crippen LogP contribution in [-0.4, -0.2) is 0 Å². The predicted molar refractivity (Wildman–Crippen MR) is 51.1 cm³/mol. The minimum Gasteiger partial charge on any atom is -0.472 e. The first-order valence-corrected chi connectivity index (χ1v) is 4.51. The lowest BCUT2D eigenvalue weighted by molar-refractivity contribution is 0.444. The summed E-state index contributed by atoms with van der Waals surface area (Å²) in [6, 6.07) is 2.57. The second kappa shape index (κ2) is 4.02. The summed E-state index contributed by atoms with van der Waals surface area (Å²) in [5.41, 5.74) is 6.44. The van der Waals surface area contributed by atoms with Crippen molar-refractivity contribution in [3.8, 4) is 0 Å². The average molecular weight is 227 g/mol. The van der Waals surface area contributed by atoms with Crippen molar-refractivity contribution < 1.29 is 17.6 Å². The molecule has 84 valence electrons. The van der Waals surface area contributed by atoms with Gasteiger partial charge >= 0.3 is 0 Å². The molecular weight excluding hydrogens is 219 g/mol. The largest absolute Gasteiger partial charge is 0.472 e. The molecule has 0 aliphatic heterocycles. The van der Waals surface area contributed by atoms with E-state index in [2.05, 4.69) is 0 Å². The quantitative estimate of drug-likeness (QED) is 0.801. The fourth-order valence-electron chi connectivity index (χ4n) is 1.40. The molecule has 0 saturated carbocycles. The Morgan fingerprint density at radius 3 is 2.19 bits per heavy atom. The minimum absolute atomic E-state index is 0.151. The number of halogens is 3. The number of rotatable bonds is 2. The lowest BCUT2D eigenvalue weighted by Crippen LogP contribution is -2.12. The summed E-state index contributed by atoms with van der Waals surface area (Å²) in [6.07, 6.45) is 2.76. The third-order valence-corrected chi connectivity index (χ3v) is 2.27. The Balaban J connectivity index is 2.42. The molecule has 1 aromatic carbocycles. The van der Waals surface area contributed by atoms with E-state index in [1.807, 2.05) is 0 Å². The van der Waals surface area contributed by atoms with Crippen molar-refractivity contribution >= 4 is 0 Å². The first kappa shape index (κ1) is 10.8. The van der Waals surface area contributed by atoms with Gasteiger partial charge in [-0.3, -0.25) is 0 Å². The van der Waals surface area contributed by atoms with E-state index in [9.17, 15) is 13.2 Å². The highest BCUT2D eigenvalue weighted by molar-refractivity contribution is 5.30. The molecule has 2 rings (SSSR count). The molecule has 1 heterocycles. The van der Waals surface area contributed by atoms with E-state index in [4.69, 9.17) is 10.2 Å². The summed E-state index contributed by atoms with van der Waals surface area (Å²) in [4.78, 5) is 0. The van der Waals surface area contributed by atoms with Gasteiger partial charge in [0.15, 0.2) is 17.5 Å². The molecule has 0 saturated heterocycles. The molecule has 2 N–H and O–H groups in total. The molecule has 1 aromatic heterocycles. The van der Waals surface area contributed by atoms with Crippen LogP contribution in [0.3, 0.4) is 0 Å². The Hall–Kier alpha value is -1.75. The van der Waals surface area contributed by atoms with Gasteiger partial charge < -0.3 is 10.2 Å². The van der Waals surface area contributed by atoms with Crippen LogP contribution in [0.4, 0.5) is 13.2 Å². The number of hydrogen-bond acceptors (Lipinski definition) is 2. The van der Waals surface area contributed by atoms with Crippen molar-refractivity contribution in [1.29, 1.82) is 0 Å². The number of hydrogen-bond donors (Lipinski definition) is 1. The molecule has 0 bridgehead atoms. The Morgan fingerprint density at radius 1 is 1.06 bits per heavy atom. The van der Waals surface area contributed by atoms with Crippen molar-refractivity contribution in [1.82, 2.24) is 0 Å². The molecule has 2 aromatic rings. The summed E-state index contributed by atoms with van der Waals surface area (Å²) in [5.74, 6) is -4.01. The Labute approximate surface area is 89.5 Å². The van der Waals surface area contributed by atoms with E-state index in [0.29, 0.717) is 5.56 Å². The Morgan fingerprint density at radius 2 is 1.69 bits per heavy atom. The fourth-order valence-corrected chi connectivity index (χ4v) is 1.40. The van der Waals surface area contributed by atoms with Crippen molar-refractivity contribution in [2.45, 2.75) is 6.04 Å². The summed E-state index contributed by atoms with van der Waals surface area (Å²) in [5, 5.41) is 0. The summed E-state index contributed by atoms with van der Waals surface area (Å²) in [6.45, 7) is 0. The topological polar surface area (TPSA) is 39.2 Å². The first-order valence-electron chi connectivity index (χ1n) is 4.51. The summed E-state index contributed by atoms with van der Waals surface area (Å²) in [7, 11) is 0. The van der Waals surface area contributed by atoms with Crippen molar-refractivity contribution in [2.24, 2.45) is 5.73 Å². The highest BCUT2D eigenvalue weighted by Gasteiger charge is 2.16. The van der Waals surface area contributed by atoms with Gasteiger partial charge in [-0.25, -0.2) is 13.2 Å². The maximum absolute atomic E-state index is 12.9. The Bertz CT molecular complexity index is 473. The molecule has 0 aliphatic rings. The molecular formula is C11H8F3NO. The lowest BCUT2D eigenvalue weighted by Gasteiger charge is -2.10. The average Bonchev–Trinajstić information content (AvgIpc) is 2.77. The summed E-state index contributed by atoms with van der Waals surface area (Å²) >= 11 is 0. The predicted octanol–water partition coefficient (Wildman–Crippen LogP) is 2.75. The number of benzene rings is 1. The van der Waals surface area contributed by atoms with Crippen LogP contribution >= 0.6 is 0 Å². The van der Waals surface area contributed by atoms with Gasteiger partial charge in [0.1, 0.15) is 0 Å². The lowest BCUT2D eigenvalue weighted by atomic mass is 10.0. The second-order valence-electron chi connectivity index (χ2n) is 3.33. The molecule has 16 heavy (non-hydrogen) atoms. The molecule has 5 heteroatoms. The van der Waals surface area contributed by atoms with Crippen LogP contribution in [-0.2, 0) is 0 Å². The van der Waals surface area contributed by atoms with E-state index < -0.39 is 23.5 Å². The molecule has 0 radical (unpaired) electrons. The van der Waals surface area contributed by atoms with Crippen LogP contribution in [0.2, 0.25) is 0 Å². The molecule has 1 unspecified atom stereocenters. The standard InChI is InChI=1S/C11H8F3NO/c12-8-3-7(4-9(13)10(8)14)11(15)6-1-2-16-5-6/h1-5,11H,15H2. The van der Waals surface area contributed by atoms with Gasteiger partial charge in [-0.05, 0) is 23.8 Å². The normalized spacial score (nSPS) is 12.8. The number of nitrogens with two attached hydrogens (primary N) is 1. The summed E-state index contributed by atoms with van der Waals surface area (Å²) < 4.78 is 43.4. The van der Waals surface area contributed by atoms with Gasteiger partial charge in [-0.15, -0.1) is 0 Å². The molecule has 0 fully saturated rings. The van der Waals surface area contributed by atoms with Gasteiger partial charge in [-0.2, -0.15) is 0 Å². The van der Waals surface area contributed by atoms with Crippen LogP contribution in [0.25, 0.3) is 0 Å². The smallest absolute Gasteiger partial charge is 0.194 e. The SMILES string of the molecule is NC(c1ccoc1)c1cc(F)c(F)c(F)c1. The zero-order chi connectivity index (χ0) is 11.7. The maximum Gasteiger partial charge on any atom is 0.194 e. The zero-order valence-electron chi connectivity index (χ0n) is 8.08. The molecule has 0 aliphatic carbocycles. The van der Waals surface area contributed by atoms with Gasteiger partial charge in [-0.1, -0.05) is 0 Å². The van der Waals surface area contributed by atoms with Gasteiger partial charge in [0.2, 0.25) is 0 Å². The zero-order valence-corrected chi connectivity index (χ0v) is 8.08. The molecule has 2 nitrogen and oxygen atoms in total. The van der Waals surface area contributed by atoms with Crippen LogP contribution in [0, 0.1) is 17.5 Å². The monoisotopic (exact) mass is 227 g/mol. The minimum atomic E-state index is -1.50. The van der Waals surface area contributed by atoms with E-state index in [0.717, 1.165) is 12.1 Å². The van der Waals surface area contributed by atoms with Crippen LogP contribution < -0.4 is 5.73 Å².